The van der Waals surface area contributed by atoms with E-state index in [0.29, 0.717) is 24.3 Å². The van der Waals surface area contributed by atoms with Crippen molar-refractivity contribution in [1.82, 2.24) is 15.6 Å². The smallest absolute Gasteiger partial charge is 0.314 e. The minimum Gasteiger partial charge on any atom is -0.490 e. The molecule has 5 rings (SSSR count). The fraction of sp³-hybridized carbons (Fsp3) is 0.514. The molecule has 1 heterocycles. The number of urea groups is 1. The van der Waals surface area contributed by atoms with Crippen molar-refractivity contribution in [2.45, 2.75) is 101 Å². The van der Waals surface area contributed by atoms with Crippen LogP contribution in [0.3, 0.4) is 0 Å². The molecule has 0 unspecified atom stereocenters. The monoisotopic (exact) mass is 681 g/mol. The second-order valence-corrected chi connectivity index (χ2v) is 13.4. The van der Waals surface area contributed by atoms with Crippen LogP contribution in [0.5, 0.6) is 5.75 Å². The first-order chi connectivity index (χ1) is 23.2. The lowest BCUT2D eigenvalue weighted by molar-refractivity contribution is -0.0634. The molecule has 2 fully saturated rings. The highest BCUT2D eigenvalue weighted by Crippen LogP contribution is 2.53. The minimum atomic E-state index is -1.46. The number of aromatic nitrogens is 1. The number of amides is 2. The number of carbonyl (C=O) groups excluding carboxylic acids is 1. The number of nitrogens with zero attached hydrogens (tertiary/aromatic N) is 1. The minimum absolute atomic E-state index is 0.0613. The number of aliphatic hydroxyl groups is 4. The van der Waals surface area contributed by atoms with Gasteiger partial charge in [0.25, 0.3) is 0 Å². The van der Waals surface area contributed by atoms with Gasteiger partial charge in [0.15, 0.2) is 0 Å². The highest BCUT2D eigenvalue weighted by Gasteiger charge is 2.48. The van der Waals surface area contributed by atoms with Crippen LogP contribution in [-0.2, 0) is 16.9 Å². The van der Waals surface area contributed by atoms with Gasteiger partial charge < -0.3 is 40.5 Å². The summed E-state index contributed by atoms with van der Waals surface area (Å²) in [6.45, 7) is 2.49. The van der Waals surface area contributed by atoms with E-state index in [9.17, 15) is 20.1 Å². The van der Waals surface area contributed by atoms with Gasteiger partial charge in [0.1, 0.15) is 11.9 Å². The number of ether oxygens (including phenoxy) is 2. The zero-order valence-electron chi connectivity index (χ0n) is 27.5. The van der Waals surface area contributed by atoms with Crippen molar-refractivity contribution in [2.24, 2.45) is 0 Å². The maximum Gasteiger partial charge on any atom is 0.314 e. The van der Waals surface area contributed by atoms with Crippen LogP contribution >= 0.6 is 11.6 Å². The first kappa shape index (κ1) is 36.0. The van der Waals surface area contributed by atoms with Gasteiger partial charge >= 0.3 is 6.03 Å². The Bertz CT molecular complexity index is 1500. The van der Waals surface area contributed by atoms with Crippen LogP contribution < -0.4 is 15.4 Å². The fourth-order valence-electron chi connectivity index (χ4n) is 5.87. The second-order valence-electron chi connectivity index (χ2n) is 13.0. The van der Waals surface area contributed by atoms with E-state index in [1.54, 1.807) is 0 Å². The third kappa shape index (κ3) is 9.68. The van der Waals surface area contributed by atoms with E-state index in [0.717, 1.165) is 72.9 Å². The number of carbonyl (C=O) groups is 1. The fourth-order valence-corrected chi connectivity index (χ4v) is 6.04. The molecule has 2 aliphatic rings. The molecule has 0 radical (unpaired) electrons. The molecule has 10 nitrogen and oxygen atoms in total. The topological polar surface area (TPSA) is 153 Å². The van der Waals surface area contributed by atoms with E-state index in [1.165, 1.54) is 5.56 Å². The van der Waals surface area contributed by atoms with Crippen molar-refractivity contribution >= 4 is 17.6 Å². The zero-order valence-corrected chi connectivity index (χ0v) is 28.2. The van der Waals surface area contributed by atoms with Crippen LogP contribution in [0.15, 0.2) is 60.9 Å². The Kier molecular flexibility index (Phi) is 12.7. The Morgan fingerprint density at radius 1 is 1.02 bits per heavy atom. The predicted octanol–water partition coefficient (Wildman–Crippen LogP) is 5.19. The SMILES string of the molecule is C[C@H](CCCCNC(=O)NC[C@H](O)[C@@H](O)[C@H](O)CCO)c1ccc(Cl)c(COC2(c3cnccc3-c3ccccc3OC3CC3)CC2)c1. The summed E-state index contributed by atoms with van der Waals surface area (Å²) in [6.07, 6.45) is 6.52. The van der Waals surface area contributed by atoms with E-state index < -0.39 is 29.9 Å². The summed E-state index contributed by atoms with van der Waals surface area (Å²) in [5, 5.41) is 44.2. The molecular weight excluding hydrogens is 634 g/mol. The number of para-hydroxylation sites is 1. The number of hydrogen-bond donors (Lipinski definition) is 6. The van der Waals surface area contributed by atoms with E-state index in [2.05, 4.69) is 46.8 Å². The van der Waals surface area contributed by atoms with Crippen molar-refractivity contribution in [1.29, 1.82) is 0 Å². The summed E-state index contributed by atoms with van der Waals surface area (Å²) in [7, 11) is 0. The van der Waals surface area contributed by atoms with Gasteiger partial charge in [0, 0.05) is 48.2 Å². The number of hydrogen-bond acceptors (Lipinski definition) is 8. The first-order valence-corrected chi connectivity index (χ1v) is 17.4. The van der Waals surface area contributed by atoms with Gasteiger partial charge in [-0.3, -0.25) is 4.98 Å². The van der Waals surface area contributed by atoms with Gasteiger partial charge in [-0.2, -0.15) is 0 Å². The molecular formula is C37H48ClN3O7. The quantitative estimate of drug-likeness (QED) is 0.0946. The summed E-state index contributed by atoms with van der Waals surface area (Å²) >= 11 is 6.66. The van der Waals surface area contributed by atoms with Gasteiger partial charge in [0.05, 0.1) is 30.5 Å². The second kappa shape index (κ2) is 16.9. The molecule has 0 spiro atoms. The van der Waals surface area contributed by atoms with Crippen molar-refractivity contribution in [3.8, 4) is 16.9 Å². The predicted molar refractivity (Wildman–Crippen MR) is 184 cm³/mol. The average Bonchev–Trinajstić information content (AvgIpc) is 4.04. The van der Waals surface area contributed by atoms with Crippen molar-refractivity contribution in [2.75, 3.05) is 19.7 Å². The highest BCUT2D eigenvalue weighted by molar-refractivity contribution is 6.31. The third-order valence-corrected chi connectivity index (χ3v) is 9.56. The molecule has 48 heavy (non-hydrogen) atoms. The number of pyridine rings is 1. The highest BCUT2D eigenvalue weighted by atomic mass is 35.5. The van der Waals surface area contributed by atoms with Crippen LogP contribution in [-0.4, -0.2) is 75.6 Å². The van der Waals surface area contributed by atoms with Gasteiger partial charge in [-0.15, -0.1) is 0 Å². The molecule has 260 valence electrons. The number of rotatable bonds is 19. The van der Waals surface area contributed by atoms with Gasteiger partial charge in [-0.1, -0.05) is 55.3 Å². The third-order valence-electron chi connectivity index (χ3n) is 9.19. The largest absolute Gasteiger partial charge is 0.490 e. The molecule has 6 N–H and O–H groups in total. The number of halogens is 1. The molecule has 3 aromatic rings. The van der Waals surface area contributed by atoms with Crippen LogP contribution in [0.1, 0.15) is 80.9 Å². The molecule has 0 aliphatic heterocycles. The molecule has 2 aromatic carbocycles. The summed E-state index contributed by atoms with van der Waals surface area (Å²) in [4.78, 5) is 16.5. The molecule has 4 atom stereocenters. The lowest BCUT2D eigenvalue weighted by atomic mass is 9.94. The van der Waals surface area contributed by atoms with Crippen LogP contribution in [0.2, 0.25) is 5.02 Å². The maximum atomic E-state index is 12.1. The molecule has 11 heteroatoms. The van der Waals surface area contributed by atoms with E-state index in [4.69, 9.17) is 26.2 Å². The molecule has 0 bridgehead atoms. The summed E-state index contributed by atoms with van der Waals surface area (Å²) in [6, 6.07) is 15.9. The lowest BCUT2D eigenvalue weighted by Crippen LogP contribution is -2.47. The number of aliphatic hydroxyl groups excluding tert-OH is 4. The van der Waals surface area contributed by atoms with Crippen LogP contribution in [0.4, 0.5) is 4.79 Å². The standard InChI is InChI=1S/C37H48ClN3O7/c1-24(6-4-5-17-40-36(46)41-22-33(44)35(45)32(43)14-19-42)25-9-12-31(38)26(20-25)23-47-37(15-16-37)30-21-39-18-13-28(30)29-7-2-3-8-34(29)48-27-10-11-27/h2-3,7-9,12-13,18,20-21,24,27,32-33,35,42-45H,4-6,10-11,14-17,19,22-23H2,1H3,(H2,40,41,46)/t24-,32-,33+,35+/m1/s1. The van der Waals surface area contributed by atoms with Crippen molar-refractivity contribution < 1.29 is 34.7 Å². The zero-order chi connectivity index (χ0) is 34.1. The Morgan fingerprint density at radius 3 is 2.56 bits per heavy atom. The van der Waals surface area contributed by atoms with Gasteiger partial charge in [0.2, 0.25) is 0 Å². The maximum absolute atomic E-state index is 12.1. The Morgan fingerprint density at radius 2 is 1.81 bits per heavy atom. The number of nitrogens with one attached hydrogen (secondary N) is 2. The van der Waals surface area contributed by atoms with Crippen LogP contribution in [0.25, 0.3) is 11.1 Å². The van der Waals surface area contributed by atoms with Crippen molar-refractivity contribution in [3.05, 3.63) is 82.6 Å². The van der Waals surface area contributed by atoms with Gasteiger partial charge in [-0.05, 0) is 85.8 Å². The summed E-state index contributed by atoms with van der Waals surface area (Å²) < 4.78 is 12.9. The summed E-state index contributed by atoms with van der Waals surface area (Å²) in [5.41, 5.74) is 4.93. The van der Waals surface area contributed by atoms with E-state index in [-0.39, 0.29) is 25.5 Å². The van der Waals surface area contributed by atoms with E-state index in [1.807, 2.05) is 36.7 Å². The number of unbranched alkanes of at least 4 members (excludes halogenated alkanes) is 1. The molecule has 2 aliphatic carbocycles. The Labute approximate surface area is 287 Å². The van der Waals surface area contributed by atoms with Gasteiger partial charge in [-0.25, -0.2) is 4.79 Å². The molecule has 1 aromatic heterocycles. The molecule has 2 amide bonds. The average molecular weight is 682 g/mol. The van der Waals surface area contributed by atoms with Crippen LogP contribution in [0, 0.1) is 0 Å². The lowest BCUT2D eigenvalue weighted by Gasteiger charge is -2.22. The van der Waals surface area contributed by atoms with E-state index >= 15 is 0 Å². The molecule has 0 saturated heterocycles. The molecule has 2 saturated carbocycles. The Balaban J connectivity index is 1.10. The first-order valence-electron chi connectivity index (χ1n) is 17.0. The number of benzene rings is 2. The normalized spacial score (nSPS) is 17.6. The Hall–Kier alpha value is -3.25. The summed E-state index contributed by atoms with van der Waals surface area (Å²) in [5.74, 6) is 1.18. The van der Waals surface area contributed by atoms with Crippen molar-refractivity contribution in [3.63, 3.8) is 0 Å².